The first-order chi connectivity index (χ1) is 17.3. The molecule has 0 radical (unpaired) electrons. The lowest BCUT2D eigenvalue weighted by atomic mass is 10.2. The Morgan fingerprint density at radius 2 is 1.81 bits per heavy atom. The van der Waals surface area contributed by atoms with E-state index in [2.05, 4.69) is 10.1 Å². The van der Waals surface area contributed by atoms with Gasteiger partial charge in [0.15, 0.2) is 11.5 Å². The first kappa shape index (κ1) is 24.3. The number of methoxy groups -OCH3 is 1. The molecule has 4 aromatic rings. The van der Waals surface area contributed by atoms with Gasteiger partial charge in [-0.25, -0.2) is 9.78 Å². The summed E-state index contributed by atoms with van der Waals surface area (Å²) in [4.78, 5) is 40.4. The minimum Gasteiger partial charge on any atom is -0.493 e. The van der Waals surface area contributed by atoms with Crippen molar-refractivity contribution in [1.82, 2.24) is 9.66 Å². The van der Waals surface area contributed by atoms with Gasteiger partial charge in [-0.05, 0) is 48.0 Å². The zero-order chi connectivity index (χ0) is 25.8. The number of aromatic nitrogens is 2. The van der Waals surface area contributed by atoms with Crippen LogP contribution < -0.4 is 15.0 Å². The molecule has 4 rings (SSSR count). The van der Waals surface area contributed by atoms with Gasteiger partial charge in [-0.15, -0.1) is 0 Å². The molecule has 0 fully saturated rings. The number of rotatable bonds is 7. The molecule has 0 saturated carbocycles. The van der Waals surface area contributed by atoms with Gasteiger partial charge in [0.05, 0.1) is 34.7 Å². The van der Waals surface area contributed by atoms with Crippen LogP contribution in [0.4, 0.5) is 5.69 Å². The van der Waals surface area contributed by atoms with Crippen LogP contribution in [0.15, 0.2) is 76.6 Å². The molecule has 0 saturated heterocycles. The van der Waals surface area contributed by atoms with Gasteiger partial charge in [0, 0.05) is 18.1 Å². The molecular weight excluding hydrogens is 464 g/mol. The predicted molar refractivity (Wildman–Crippen MR) is 134 cm³/mol. The van der Waals surface area contributed by atoms with E-state index < -0.39 is 10.9 Å². The molecule has 0 aliphatic carbocycles. The molecule has 1 aromatic heterocycles. The van der Waals surface area contributed by atoms with Gasteiger partial charge < -0.3 is 9.47 Å². The Bertz CT molecular complexity index is 1540. The lowest BCUT2D eigenvalue weighted by Gasteiger charge is -2.12. The molecule has 0 N–H and O–H groups in total. The van der Waals surface area contributed by atoms with Crippen molar-refractivity contribution in [2.45, 2.75) is 19.8 Å². The summed E-state index contributed by atoms with van der Waals surface area (Å²) in [5.41, 5.74) is 0.947. The minimum atomic E-state index is -0.694. The van der Waals surface area contributed by atoms with Gasteiger partial charge in [-0.1, -0.05) is 26.0 Å². The Kier molecular flexibility index (Phi) is 6.86. The lowest BCUT2D eigenvalue weighted by molar-refractivity contribution is -0.384. The van der Waals surface area contributed by atoms with E-state index in [4.69, 9.17) is 9.47 Å². The van der Waals surface area contributed by atoms with Crippen LogP contribution in [-0.4, -0.2) is 33.9 Å². The summed E-state index contributed by atoms with van der Waals surface area (Å²) >= 11 is 0. The number of carbonyl (C=O) groups is 1. The van der Waals surface area contributed by atoms with E-state index in [0.29, 0.717) is 22.3 Å². The van der Waals surface area contributed by atoms with E-state index in [1.807, 2.05) is 19.9 Å². The number of nitro groups is 1. The third-order valence-electron chi connectivity index (χ3n) is 5.32. The second-order valence-corrected chi connectivity index (χ2v) is 8.11. The standard InChI is InChI=1S/C26H22N4O6/c1-16(2)24-28-21-7-5-4-6-20(21)25(31)29(24)27-15-17-8-13-22(23(14-17)35-3)36-26(32)18-9-11-19(12-10-18)30(33)34/h4-16H,1-3H3. The zero-order valence-corrected chi connectivity index (χ0v) is 19.7. The van der Waals surface area contributed by atoms with Gasteiger partial charge in [0.25, 0.3) is 11.2 Å². The summed E-state index contributed by atoms with van der Waals surface area (Å²) in [6.45, 7) is 3.86. The monoisotopic (exact) mass is 486 g/mol. The number of fused-ring (bicyclic) bond motifs is 1. The fourth-order valence-corrected chi connectivity index (χ4v) is 3.48. The first-order valence-electron chi connectivity index (χ1n) is 11.0. The zero-order valence-electron chi connectivity index (χ0n) is 19.7. The van der Waals surface area contributed by atoms with Gasteiger partial charge in [-0.2, -0.15) is 9.78 Å². The summed E-state index contributed by atoms with van der Waals surface area (Å²) in [6, 6.07) is 17.0. The molecule has 0 spiro atoms. The lowest BCUT2D eigenvalue weighted by Crippen LogP contribution is -2.23. The van der Waals surface area contributed by atoms with E-state index in [1.165, 1.54) is 48.3 Å². The molecule has 182 valence electrons. The number of para-hydroxylation sites is 1. The molecule has 1 heterocycles. The third kappa shape index (κ3) is 4.97. The van der Waals surface area contributed by atoms with E-state index in [9.17, 15) is 19.7 Å². The van der Waals surface area contributed by atoms with Crippen molar-refractivity contribution in [3.63, 3.8) is 0 Å². The van der Waals surface area contributed by atoms with E-state index >= 15 is 0 Å². The normalized spacial score (nSPS) is 11.2. The Balaban J connectivity index is 1.61. The summed E-state index contributed by atoms with van der Waals surface area (Å²) in [5, 5.41) is 15.6. The topological polar surface area (TPSA) is 126 Å². The number of nitrogens with zero attached hydrogens (tertiary/aromatic N) is 4. The van der Waals surface area contributed by atoms with Crippen LogP contribution in [0.25, 0.3) is 10.9 Å². The second kappa shape index (κ2) is 10.2. The molecule has 0 atom stereocenters. The molecule has 0 aliphatic heterocycles. The highest BCUT2D eigenvalue weighted by Gasteiger charge is 2.16. The maximum atomic E-state index is 13.1. The maximum absolute atomic E-state index is 13.1. The van der Waals surface area contributed by atoms with Crippen molar-refractivity contribution in [3.05, 3.63) is 104 Å². The molecule has 0 unspecified atom stereocenters. The van der Waals surface area contributed by atoms with Crippen LogP contribution in [0.5, 0.6) is 11.5 Å². The van der Waals surface area contributed by atoms with Crippen molar-refractivity contribution in [2.24, 2.45) is 5.10 Å². The maximum Gasteiger partial charge on any atom is 0.343 e. The van der Waals surface area contributed by atoms with E-state index in [-0.39, 0.29) is 34.2 Å². The Labute approximate surface area is 205 Å². The first-order valence-corrected chi connectivity index (χ1v) is 11.0. The molecule has 3 aromatic carbocycles. The average Bonchev–Trinajstić information content (AvgIpc) is 2.88. The largest absolute Gasteiger partial charge is 0.493 e. The number of hydrogen-bond acceptors (Lipinski definition) is 8. The van der Waals surface area contributed by atoms with Crippen LogP contribution in [-0.2, 0) is 0 Å². The van der Waals surface area contributed by atoms with Crippen molar-refractivity contribution in [1.29, 1.82) is 0 Å². The second-order valence-electron chi connectivity index (χ2n) is 8.11. The predicted octanol–water partition coefficient (Wildman–Crippen LogP) is 4.54. The molecular formula is C26H22N4O6. The Hall–Kier alpha value is -4.86. The number of benzene rings is 3. The highest BCUT2D eigenvalue weighted by Crippen LogP contribution is 2.28. The van der Waals surface area contributed by atoms with Crippen LogP contribution in [0.1, 0.15) is 41.5 Å². The van der Waals surface area contributed by atoms with Crippen molar-refractivity contribution in [3.8, 4) is 11.5 Å². The van der Waals surface area contributed by atoms with Gasteiger partial charge >= 0.3 is 5.97 Å². The summed E-state index contributed by atoms with van der Waals surface area (Å²) in [7, 11) is 1.42. The van der Waals surface area contributed by atoms with Gasteiger partial charge in [0.1, 0.15) is 5.82 Å². The van der Waals surface area contributed by atoms with Gasteiger partial charge in [-0.3, -0.25) is 14.9 Å². The fraction of sp³-hybridized carbons (Fsp3) is 0.154. The smallest absolute Gasteiger partial charge is 0.343 e. The SMILES string of the molecule is COc1cc(C=Nn2c(C(C)C)nc3ccccc3c2=O)ccc1OC(=O)c1ccc([N+](=O)[O-])cc1. The fourth-order valence-electron chi connectivity index (χ4n) is 3.48. The number of non-ortho nitro benzene ring substituents is 1. The summed E-state index contributed by atoms with van der Waals surface area (Å²) in [5.74, 6) is 0.207. The van der Waals surface area contributed by atoms with Crippen LogP contribution >= 0.6 is 0 Å². The molecule has 0 amide bonds. The number of esters is 1. The summed E-state index contributed by atoms with van der Waals surface area (Å²) < 4.78 is 12.1. The quantitative estimate of drug-likeness (QED) is 0.123. The highest BCUT2D eigenvalue weighted by molar-refractivity contribution is 5.92. The Morgan fingerprint density at radius 3 is 2.47 bits per heavy atom. The average molecular weight is 486 g/mol. The van der Waals surface area contributed by atoms with Crippen LogP contribution in [0, 0.1) is 10.1 Å². The number of hydrogen-bond donors (Lipinski definition) is 0. The van der Waals surface area contributed by atoms with E-state index in [1.54, 1.807) is 30.3 Å². The van der Waals surface area contributed by atoms with Crippen molar-refractivity contribution >= 4 is 28.8 Å². The highest BCUT2D eigenvalue weighted by atomic mass is 16.6. The molecule has 36 heavy (non-hydrogen) atoms. The van der Waals surface area contributed by atoms with Crippen molar-refractivity contribution < 1.29 is 19.2 Å². The van der Waals surface area contributed by atoms with Crippen LogP contribution in [0.2, 0.25) is 0 Å². The molecule has 10 nitrogen and oxygen atoms in total. The number of nitro benzene ring substituents is 1. The molecule has 10 heteroatoms. The van der Waals surface area contributed by atoms with E-state index in [0.717, 1.165) is 0 Å². The number of carbonyl (C=O) groups excluding carboxylic acids is 1. The third-order valence-corrected chi connectivity index (χ3v) is 5.32. The van der Waals surface area contributed by atoms with Gasteiger partial charge in [0.2, 0.25) is 0 Å². The van der Waals surface area contributed by atoms with Crippen molar-refractivity contribution in [2.75, 3.05) is 7.11 Å². The Morgan fingerprint density at radius 1 is 1.08 bits per heavy atom. The summed E-state index contributed by atoms with van der Waals surface area (Å²) in [6.07, 6.45) is 1.49. The molecule has 0 bridgehead atoms. The van der Waals surface area contributed by atoms with Crippen LogP contribution in [0.3, 0.4) is 0 Å². The molecule has 0 aliphatic rings. The number of ether oxygens (including phenoxy) is 2. The minimum absolute atomic E-state index is 0.0461.